The van der Waals surface area contributed by atoms with Crippen LogP contribution in [0.15, 0.2) is 0 Å². The Bertz CT molecular complexity index is 204. The first-order valence-electron chi connectivity index (χ1n) is 7.42. The zero-order chi connectivity index (χ0) is 11.9. The number of rotatable bonds is 5. The summed E-state index contributed by atoms with van der Waals surface area (Å²) < 4.78 is 0. The Hall–Kier alpha value is 0.400. The van der Waals surface area contributed by atoms with Crippen molar-refractivity contribution in [3.05, 3.63) is 0 Å². The normalized spacial score (nSPS) is 28.4. The van der Waals surface area contributed by atoms with Crippen molar-refractivity contribution in [2.75, 3.05) is 38.1 Å². The molecule has 100 valence electrons. The predicted molar refractivity (Wildman–Crippen MR) is 77.9 cm³/mol. The fourth-order valence-corrected chi connectivity index (χ4v) is 3.94. The van der Waals surface area contributed by atoms with Crippen molar-refractivity contribution in [1.29, 1.82) is 0 Å². The Balaban J connectivity index is 1.67. The monoisotopic (exact) mass is 302 g/mol. The highest BCUT2D eigenvalue weighted by Crippen LogP contribution is 2.18. The van der Waals surface area contributed by atoms with Gasteiger partial charge in [0.05, 0.1) is 0 Å². The van der Waals surface area contributed by atoms with Crippen molar-refractivity contribution >= 4 is 15.9 Å². The minimum absolute atomic E-state index is 0.802. The molecule has 2 nitrogen and oxygen atoms in total. The Labute approximate surface area is 115 Å². The number of likely N-dealkylation sites (tertiary alicyclic amines) is 2. The summed E-state index contributed by atoms with van der Waals surface area (Å²) in [5.74, 6) is 0. The molecular weight excluding hydrogens is 276 g/mol. The van der Waals surface area contributed by atoms with Gasteiger partial charge in [-0.15, -0.1) is 0 Å². The molecule has 2 saturated heterocycles. The minimum Gasteiger partial charge on any atom is -0.303 e. The van der Waals surface area contributed by atoms with E-state index < -0.39 is 0 Å². The van der Waals surface area contributed by atoms with Crippen molar-refractivity contribution < 1.29 is 0 Å². The zero-order valence-electron chi connectivity index (χ0n) is 11.0. The van der Waals surface area contributed by atoms with Gasteiger partial charge in [0, 0.05) is 11.4 Å². The van der Waals surface area contributed by atoms with Gasteiger partial charge in [-0.25, -0.2) is 0 Å². The van der Waals surface area contributed by atoms with Crippen LogP contribution < -0.4 is 0 Å². The van der Waals surface area contributed by atoms with E-state index >= 15 is 0 Å². The molecule has 0 spiro atoms. The molecule has 0 aromatic rings. The maximum atomic E-state index is 3.69. The Morgan fingerprint density at radius 1 is 0.882 bits per heavy atom. The van der Waals surface area contributed by atoms with E-state index in [2.05, 4.69) is 25.7 Å². The largest absolute Gasteiger partial charge is 0.303 e. The molecular formula is C14H27BrN2. The lowest BCUT2D eigenvalue weighted by atomic mass is 10.1. The number of alkyl halides is 1. The van der Waals surface area contributed by atoms with E-state index in [9.17, 15) is 0 Å². The number of hydrogen-bond acceptors (Lipinski definition) is 2. The molecule has 2 aliphatic heterocycles. The van der Waals surface area contributed by atoms with Gasteiger partial charge in [0.1, 0.15) is 0 Å². The molecule has 1 unspecified atom stereocenters. The number of halogens is 1. The molecule has 0 bridgehead atoms. The quantitative estimate of drug-likeness (QED) is 0.720. The molecule has 0 aromatic heterocycles. The second kappa shape index (κ2) is 7.75. The molecule has 0 radical (unpaired) electrons. The molecule has 3 heteroatoms. The molecule has 17 heavy (non-hydrogen) atoms. The van der Waals surface area contributed by atoms with Crippen molar-refractivity contribution in [2.45, 2.75) is 51.0 Å². The van der Waals surface area contributed by atoms with Gasteiger partial charge in [-0.3, -0.25) is 4.90 Å². The van der Waals surface area contributed by atoms with Gasteiger partial charge in [0.2, 0.25) is 0 Å². The van der Waals surface area contributed by atoms with E-state index in [1.807, 2.05) is 0 Å². The summed E-state index contributed by atoms with van der Waals surface area (Å²) in [5, 5.41) is 1.16. The highest BCUT2D eigenvalue weighted by molar-refractivity contribution is 9.09. The summed E-state index contributed by atoms with van der Waals surface area (Å²) in [6.07, 6.45) is 9.89. The standard InChI is InChI=1S/C14H27BrN2/c15-13-14-7-2-1-3-11-17(14)12-6-10-16-8-4-5-9-16/h14H,1-13H2. The van der Waals surface area contributed by atoms with E-state index in [0.717, 1.165) is 11.4 Å². The third-order valence-corrected chi connectivity index (χ3v) is 5.04. The van der Waals surface area contributed by atoms with Crippen LogP contribution in [0.4, 0.5) is 0 Å². The summed E-state index contributed by atoms with van der Waals surface area (Å²) in [5.41, 5.74) is 0. The van der Waals surface area contributed by atoms with E-state index in [-0.39, 0.29) is 0 Å². The maximum absolute atomic E-state index is 3.69. The van der Waals surface area contributed by atoms with E-state index in [4.69, 9.17) is 0 Å². The van der Waals surface area contributed by atoms with Crippen molar-refractivity contribution in [2.24, 2.45) is 0 Å². The van der Waals surface area contributed by atoms with E-state index in [0.29, 0.717) is 0 Å². The third-order valence-electron chi connectivity index (χ3n) is 4.30. The van der Waals surface area contributed by atoms with Crippen LogP contribution in [0, 0.1) is 0 Å². The minimum atomic E-state index is 0.802. The molecule has 0 saturated carbocycles. The molecule has 0 aliphatic carbocycles. The molecule has 2 aliphatic rings. The van der Waals surface area contributed by atoms with Gasteiger partial charge < -0.3 is 4.90 Å². The van der Waals surface area contributed by atoms with Gasteiger partial charge in [0.25, 0.3) is 0 Å². The van der Waals surface area contributed by atoms with Gasteiger partial charge >= 0.3 is 0 Å². The zero-order valence-corrected chi connectivity index (χ0v) is 12.6. The van der Waals surface area contributed by atoms with Crippen LogP contribution in [0.3, 0.4) is 0 Å². The molecule has 1 atom stereocenters. The summed E-state index contributed by atoms with van der Waals surface area (Å²) in [4.78, 5) is 5.37. The first-order chi connectivity index (χ1) is 8.40. The SMILES string of the molecule is BrCC1CCCCCN1CCCN1CCCC1. The Morgan fingerprint density at radius 3 is 2.41 bits per heavy atom. The van der Waals surface area contributed by atoms with Gasteiger partial charge in [-0.05, 0) is 64.8 Å². The van der Waals surface area contributed by atoms with Crippen LogP contribution >= 0.6 is 15.9 Å². The van der Waals surface area contributed by atoms with Crippen LogP contribution in [-0.4, -0.2) is 53.9 Å². The summed E-state index contributed by atoms with van der Waals surface area (Å²) in [6, 6.07) is 0.802. The van der Waals surface area contributed by atoms with Gasteiger partial charge in [-0.1, -0.05) is 28.8 Å². The summed E-state index contributed by atoms with van der Waals surface area (Å²) >= 11 is 3.69. The first kappa shape index (κ1) is 13.8. The summed E-state index contributed by atoms with van der Waals surface area (Å²) in [6.45, 7) is 6.66. The fourth-order valence-electron chi connectivity index (χ4n) is 3.21. The molecule has 2 rings (SSSR count). The smallest absolute Gasteiger partial charge is 0.0192 e. The van der Waals surface area contributed by atoms with Crippen LogP contribution in [0.2, 0.25) is 0 Å². The van der Waals surface area contributed by atoms with Crippen LogP contribution in [0.5, 0.6) is 0 Å². The van der Waals surface area contributed by atoms with Gasteiger partial charge in [-0.2, -0.15) is 0 Å². The molecule has 2 fully saturated rings. The second-order valence-electron chi connectivity index (χ2n) is 5.60. The maximum Gasteiger partial charge on any atom is 0.0192 e. The van der Waals surface area contributed by atoms with Crippen molar-refractivity contribution in [3.63, 3.8) is 0 Å². The Kier molecular flexibility index (Phi) is 6.30. The molecule has 0 N–H and O–H groups in total. The van der Waals surface area contributed by atoms with Crippen LogP contribution in [-0.2, 0) is 0 Å². The lowest BCUT2D eigenvalue weighted by molar-refractivity contribution is 0.202. The third kappa shape index (κ3) is 4.53. The second-order valence-corrected chi connectivity index (χ2v) is 6.24. The topological polar surface area (TPSA) is 6.48 Å². The molecule has 2 heterocycles. The number of nitrogens with zero attached hydrogens (tertiary/aromatic N) is 2. The van der Waals surface area contributed by atoms with Crippen LogP contribution in [0.25, 0.3) is 0 Å². The highest BCUT2D eigenvalue weighted by Gasteiger charge is 2.19. The van der Waals surface area contributed by atoms with Crippen LogP contribution in [0.1, 0.15) is 44.9 Å². The highest BCUT2D eigenvalue weighted by atomic mass is 79.9. The molecule has 0 aromatic carbocycles. The van der Waals surface area contributed by atoms with E-state index in [1.54, 1.807) is 0 Å². The predicted octanol–water partition coefficient (Wildman–Crippen LogP) is 3.11. The fraction of sp³-hybridized carbons (Fsp3) is 1.00. The number of hydrogen-bond donors (Lipinski definition) is 0. The Morgan fingerprint density at radius 2 is 1.65 bits per heavy atom. The first-order valence-corrected chi connectivity index (χ1v) is 8.54. The van der Waals surface area contributed by atoms with Crippen molar-refractivity contribution in [1.82, 2.24) is 9.80 Å². The lowest BCUT2D eigenvalue weighted by Crippen LogP contribution is -2.38. The lowest BCUT2D eigenvalue weighted by Gasteiger charge is -2.29. The van der Waals surface area contributed by atoms with Crippen molar-refractivity contribution in [3.8, 4) is 0 Å². The van der Waals surface area contributed by atoms with Gasteiger partial charge in [0.15, 0.2) is 0 Å². The molecule has 0 amide bonds. The average Bonchev–Trinajstić information content (AvgIpc) is 2.75. The van der Waals surface area contributed by atoms with E-state index in [1.165, 1.54) is 77.7 Å². The average molecular weight is 303 g/mol. The summed E-state index contributed by atoms with van der Waals surface area (Å²) in [7, 11) is 0.